The number of carbonyl (C=O) groups is 2. The second-order valence-electron chi connectivity index (χ2n) is 5.88. The van der Waals surface area contributed by atoms with Crippen LogP contribution in [-0.2, 0) is 11.2 Å². The smallest absolute Gasteiger partial charge is 0.360 e. The number of nitrogens with one attached hydrogen (secondary N) is 1. The molecule has 0 aliphatic rings. The molecule has 3 aromatic rings. The Morgan fingerprint density at radius 3 is 2.37 bits per heavy atom. The molecule has 1 aromatic heterocycles. The minimum atomic E-state index is -0.523. The lowest BCUT2D eigenvalue weighted by molar-refractivity contribution is 0.0514. The third kappa shape index (κ3) is 4.41. The summed E-state index contributed by atoms with van der Waals surface area (Å²) >= 11 is 0. The molecule has 0 saturated heterocycles. The SMILES string of the molecule is CCOC(=O)c1cc(-c2ccc(NC(=O)c3ccc(CC)cc3)cc2)on1. The Labute approximate surface area is 157 Å². The minimum absolute atomic E-state index is 0.125. The molecule has 0 radical (unpaired) electrons. The van der Waals surface area contributed by atoms with E-state index in [9.17, 15) is 9.59 Å². The van der Waals surface area contributed by atoms with Crippen LogP contribution in [0, 0.1) is 0 Å². The van der Waals surface area contributed by atoms with Crippen molar-refractivity contribution >= 4 is 17.6 Å². The van der Waals surface area contributed by atoms with Gasteiger partial charge in [-0.3, -0.25) is 4.79 Å². The second kappa shape index (κ2) is 8.31. The van der Waals surface area contributed by atoms with Crippen molar-refractivity contribution in [3.05, 3.63) is 71.4 Å². The molecular weight excluding hydrogens is 344 g/mol. The van der Waals surface area contributed by atoms with Gasteiger partial charge in [0, 0.05) is 22.9 Å². The molecule has 2 aromatic carbocycles. The van der Waals surface area contributed by atoms with Crippen LogP contribution in [0.25, 0.3) is 11.3 Å². The van der Waals surface area contributed by atoms with E-state index in [-0.39, 0.29) is 18.2 Å². The standard InChI is InChI=1S/C21H20N2O4/c1-3-14-5-7-16(8-6-14)20(24)22-17-11-9-15(10-12-17)19-13-18(23-27-19)21(25)26-4-2/h5-13H,3-4H2,1-2H3,(H,22,24). The van der Waals surface area contributed by atoms with Gasteiger partial charge in [-0.1, -0.05) is 24.2 Å². The van der Waals surface area contributed by atoms with Crippen LogP contribution in [0.1, 0.15) is 40.3 Å². The van der Waals surface area contributed by atoms with Gasteiger partial charge in [0.2, 0.25) is 0 Å². The molecule has 0 unspecified atom stereocenters. The molecule has 3 rings (SSSR count). The van der Waals surface area contributed by atoms with Crippen molar-refractivity contribution in [1.82, 2.24) is 5.16 Å². The number of aryl methyl sites for hydroxylation is 1. The Morgan fingerprint density at radius 1 is 1.04 bits per heavy atom. The van der Waals surface area contributed by atoms with E-state index in [0.29, 0.717) is 17.0 Å². The Morgan fingerprint density at radius 2 is 1.74 bits per heavy atom. The lowest BCUT2D eigenvalue weighted by Gasteiger charge is -2.06. The first-order valence-corrected chi connectivity index (χ1v) is 8.75. The van der Waals surface area contributed by atoms with E-state index in [1.807, 2.05) is 24.3 Å². The van der Waals surface area contributed by atoms with E-state index in [2.05, 4.69) is 17.4 Å². The van der Waals surface area contributed by atoms with Gasteiger partial charge in [-0.25, -0.2) is 4.79 Å². The van der Waals surface area contributed by atoms with Crippen LogP contribution >= 0.6 is 0 Å². The maximum Gasteiger partial charge on any atom is 0.360 e. The van der Waals surface area contributed by atoms with Crippen LogP contribution < -0.4 is 5.32 Å². The van der Waals surface area contributed by atoms with Gasteiger partial charge in [0.25, 0.3) is 5.91 Å². The maximum absolute atomic E-state index is 12.3. The van der Waals surface area contributed by atoms with E-state index in [1.54, 1.807) is 31.2 Å². The molecule has 6 heteroatoms. The quantitative estimate of drug-likeness (QED) is 0.658. The van der Waals surface area contributed by atoms with Gasteiger partial charge in [-0.2, -0.15) is 0 Å². The van der Waals surface area contributed by atoms with Crippen molar-refractivity contribution in [3.8, 4) is 11.3 Å². The highest BCUT2D eigenvalue weighted by atomic mass is 16.5. The summed E-state index contributed by atoms with van der Waals surface area (Å²) in [5.74, 6) is -0.244. The van der Waals surface area contributed by atoms with Crippen LogP contribution in [0.5, 0.6) is 0 Å². The molecule has 0 aliphatic carbocycles. The summed E-state index contributed by atoms with van der Waals surface area (Å²) in [5, 5.41) is 6.57. The number of hydrogen-bond acceptors (Lipinski definition) is 5. The topological polar surface area (TPSA) is 81.4 Å². The zero-order valence-corrected chi connectivity index (χ0v) is 15.2. The van der Waals surface area contributed by atoms with Crippen molar-refractivity contribution in [3.63, 3.8) is 0 Å². The Balaban J connectivity index is 1.68. The van der Waals surface area contributed by atoms with Crippen LogP contribution in [-0.4, -0.2) is 23.6 Å². The van der Waals surface area contributed by atoms with Gasteiger partial charge in [-0.15, -0.1) is 0 Å². The highest BCUT2D eigenvalue weighted by Crippen LogP contribution is 2.23. The predicted molar refractivity (Wildman–Crippen MR) is 102 cm³/mol. The average Bonchev–Trinajstić information content (AvgIpc) is 3.19. The van der Waals surface area contributed by atoms with E-state index in [4.69, 9.17) is 9.26 Å². The summed E-state index contributed by atoms with van der Waals surface area (Å²) in [6.07, 6.45) is 0.933. The zero-order chi connectivity index (χ0) is 19.2. The fraction of sp³-hybridized carbons (Fsp3) is 0.190. The van der Waals surface area contributed by atoms with E-state index in [1.165, 1.54) is 11.6 Å². The van der Waals surface area contributed by atoms with E-state index in [0.717, 1.165) is 12.0 Å². The number of amides is 1. The number of carbonyl (C=O) groups excluding carboxylic acids is 2. The number of esters is 1. The summed E-state index contributed by atoms with van der Waals surface area (Å²) in [6, 6.07) is 16.1. The highest BCUT2D eigenvalue weighted by Gasteiger charge is 2.14. The first-order chi connectivity index (χ1) is 13.1. The lowest BCUT2D eigenvalue weighted by atomic mass is 10.1. The monoisotopic (exact) mass is 364 g/mol. The molecule has 138 valence electrons. The van der Waals surface area contributed by atoms with Gasteiger partial charge in [0.05, 0.1) is 6.61 Å². The van der Waals surface area contributed by atoms with Crippen LogP contribution in [0.15, 0.2) is 59.1 Å². The first-order valence-electron chi connectivity index (χ1n) is 8.75. The largest absolute Gasteiger partial charge is 0.461 e. The fourth-order valence-electron chi connectivity index (χ4n) is 2.53. The predicted octanol–water partition coefficient (Wildman–Crippen LogP) is 4.33. The number of benzene rings is 2. The molecule has 6 nitrogen and oxygen atoms in total. The molecule has 0 spiro atoms. The second-order valence-corrected chi connectivity index (χ2v) is 5.88. The number of nitrogens with zero attached hydrogens (tertiary/aromatic N) is 1. The summed E-state index contributed by atoms with van der Waals surface area (Å²) in [5.41, 5.74) is 3.31. The van der Waals surface area contributed by atoms with Crippen molar-refractivity contribution in [2.75, 3.05) is 11.9 Å². The third-order valence-corrected chi connectivity index (χ3v) is 4.05. The molecular formula is C21H20N2O4. The van der Waals surface area contributed by atoms with E-state index < -0.39 is 5.97 Å². The van der Waals surface area contributed by atoms with Gasteiger partial charge in [0.1, 0.15) is 0 Å². The Bertz CT molecular complexity index is 928. The van der Waals surface area contributed by atoms with Crippen molar-refractivity contribution in [2.24, 2.45) is 0 Å². The number of aromatic nitrogens is 1. The average molecular weight is 364 g/mol. The van der Waals surface area contributed by atoms with Crippen LogP contribution in [0.2, 0.25) is 0 Å². The lowest BCUT2D eigenvalue weighted by Crippen LogP contribution is -2.11. The summed E-state index contributed by atoms with van der Waals surface area (Å²) in [4.78, 5) is 24.0. The summed E-state index contributed by atoms with van der Waals surface area (Å²) < 4.78 is 10.1. The maximum atomic E-state index is 12.3. The molecule has 0 fully saturated rings. The van der Waals surface area contributed by atoms with Gasteiger partial charge < -0.3 is 14.6 Å². The van der Waals surface area contributed by atoms with Crippen LogP contribution in [0.4, 0.5) is 5.69 Å². The van der Waals surface area contributed by atoms with Crippen molar-refractivity contribution < 1.29 is 18.8 Å². The van der Waals surface area contributed by atoms with Gasteiger partial charge >= 0.3 is 5.97 Å². The van der Waals surface area contributed by atoms with Crippen molar-refractivity contribution in [2.45, 2.75) is 20.3 Å². The summed E-state index contributed by atoms with van der Waals surface area (Å²) in [7, 11) is 0. The minimum Gasteiger partial charge on any atom is -0.461 e. The molecule has 1 amide bonds. The molecule has 0 bridgehead atoms. The number of anilines is 1. The number of ether oxygens (including phenoxy) is 1. The molecule has 0 saturated carbocycles. The first kappa shape index (κ1) is 18.4. The van der Waals surface area contributed by atoms with E-state index >= 15 is 0 Å². The highest BCUT2D eigenvalue weighted by molar-refractivity contribution is 6.04. The molecule has 1 heterocycles. The Hall–Kier alpha value is -3.41. The Kier molecular flexibility index (Phi) is 5.66. The fourth-order valence-corrected chi connectivity index (χ4v) is 2.53. The van der Waals surface area contributed by atoms with Crippen molar-refractivity contribution in [1.29, 1.82) is 0 Å². The van der Waals surface area contributed by atoms with Gasteiger partial charge in [0.15, 0.2) is 11.5 Å². The molecule has 0 atom stereocenters. The molecule has 1 N–H and O–H groups in total. The van der Waals surface area contributed by atoms with Crippen LogP contribution in [0.3, 0.4) is 0 Å². The third-order valence-electron chi connectivity index (χ3n) is 4.05. The number of hydrogen-bond donors (Lipinski definition) is 1. The van der Waals surface area contributed by atoms with Gasteiger partial charge in [-0.05, 0) is 55.3 Å². The number of rotatable bonds is 6. The normalized spacial score (nSPS) is 10.4. The zero-order valence-electron chi connectivity index (χ0n) is 15.2. The molecule has 0 aliphatic heterocycles. The summed E-state index contributed by atoms with van der Waals surface area (Å²) in [6.45, 7) is 4.07. The molecule has 27 heavy (non-hydrogen) atoms.